The molecule has 0 unspecified atom stereocenters. The van der Waals surface area contributed by atoms with Gasteiger partial charge in [0.05, 0.1) is 0 Å². The van der Waals surface area contributed by atoms with E-state index >= 15 is 0 Å². The van der Waals surface area contributed by atoms with Crippen LogP contribution in [0.25, 0.3) is 0 Å². The maximum absolute atomic E-state index is 12.2. The van der Waals surface area contributed by atoms with E-state index in [-0.39, 0.29) is 11.1 Å². The number of pyridine rings is 1. The molecule has 21 heavy (non-hydrogen) atoms. The van der Waals surface area contributed by atoms with Gasteiger partial charge in [-0.15, -0.1) is 0 Å². The molecule has 0 aliphatic rings. The monoisotopic (exact) mass is 285 g/mol. The molecular formula is C16H19N3O2. The third kappa shape index (κ3) is 3.79. The van der Waals surface area contributed by atoms with Crippen molar-refractivity contribution < 1.29 is 4.79 Å². The number of rotatable bonds is 5. The molecule has 1 aromatic heterocycles. The molecule has 1 heterocycles. The fourth-order valence-corrected chi connectivity index (χ4v) is 2.00. The molecule has 1 aromatic carbocycles. The van der Waals surface area contributed by atoms with Crippen molar-refractivity contribution in [2.45, 2.75) is 20.4 Å². The highest BCUT2D eigenvalue weighted by atomic mass is 16.2. The number of aromatic nitrogens is 1. The standard InChI is InChI=1S/C16H19N3O2/c1-3-17-10-12-6-4-5-7-14(12)19-16(21)13-9-8-11(2)18-15(13)20/h4-9,17H,3,10H2,1-2H3,(H,18,20)(H,19,21). The predicted octanol–water partition coefficient (Wildman–Crippen LogP) is 2.05. The first-order chi connectivity index (χ1) is 10.1. The van der Waals surface area contributed by atoms with E-state index in [0.29, 0.717) is 12.2 Å². The summed E-state index contributed by atoms with van der Waals surface area (Å²) in [5, 5.41) is 6.01. The van der Waals surface area contributed by atoms with Crippen LogP contribution in [0.3, 0.4) is 0 Å². The Labute approximate surface area is 123 Å². The van der Waals surface area contributed by atoms with E-state index in [2.05, 4.69) is 15.6 Å². The van der Waals surface area contributed by atoms with Gasteiger partial charge in [0.15, 0.2) is 0 Å². The normalized spacial score (nSPS) is 10.4. The van der Waals surface area contributed by atoms with E-state index in [0.717, 1.165) is 17.8 Å². The number of anilines is 1. The van der Waals surface area contributed by atoms with Gasteiger partial charge in [-0.05, 0) is 37.2 Å². The third-order valence-corrected chi connectivity index (χ3v) is 3.13. The number of amides is 1. The van der Waals surface area contributed by atoms with Crippen molar-refractivity contribution in [3.05, 3.63) is 63.6 Å². The molecule has 0 spiro atoms. The lowest BCUT2D eigenvalue weighted by atomic mass is 10.1. The molecule has 0 aliphatic carbocycles. The largest absolute Gasteiger partial charge is 0.326 e. The summed E-state index contributed by atoms with van der Waals surface area (Å²) in [5.41, 5.74) is 2.15. The number of H-pyrrole nitrogens is 1. The van der Waals surface area contributed by atoms with Gasteiger partial charge < -0.3 is 15.6 Å². The van der Waals surface area contributed by atoms with Crippen LogP contribution in [0.2, 0.25) is 0 Å². The summed E-state index contributed by atoms with van der Waals surface area (Å²) < 4.78 is 0. The van der Waals surface area contributed by atoms with Crippen LogP contribution in [-0.4, -0.2) is 17.4 Å². The predicted molar refractivity (Wildman–Crippen MR) is 83.6 cm³/mol. The average molecular weight is 285 g/mol. The zero-order valence-electron chi connectivity index (χ0n) is 12.2. The highest BCUT2D eigenvalue weighted by molar-refractivity contribution is 6.04. The Hall–Kier alpha value is -2.40. The molecule has 1 amide bonds. The fraction of sp³-hybridized carbons (Fsp3) is 0.250. The van der Waals surface area contributed by atoms with Gasteiger partial charge in [-0.3, -0.25) is 9.59 Å². The SMILES string of the molecule is CCNCc1ccccc1NC(=O)c1ccc(C)[nH]c1=O. The van der Waals surface area contributed by atoms with Crippen molar-refractivity contribution in [2.75, 3.05) is 11.9 Å². The first kappa shape index (κ1) is 15.0. The lowest BCUT2D eigenvalue weighted by Crippen LogP contribution is -2.24. The van der Waals surface area contributed by atoms with Gasteiger partial charge in [0.25, 0.3) is 11.5 Å². The molecule has 3 N–H and O–H groups in total. The second-order valence-electron chi connectivity index (χ2n) is 4.78. The van der Waals surface area contributed by atoms with Gasteiger partial charge in [-0.25, -0.2) is 0 Å². The molecule has 0 saturated carbocycles. The third-order valence-electron chi connectivity index (χ3n) is 3.13. The van der Waals surface area contributed by atoms with Crippen molar-refractivity contribution >= 4 is 11.6 Å². The van der Waals surface area contributed by atoms with Gasteiger partial charge >= 0.3 is 0 Å². The molecular weight excluding hydrogens is 266 g/mol. The van der Waals surface area contributed by atoms with Gasteiger partial charge in [0.2, 0.25) is 0 Å². The van der Waals surface area contributed by atoms with Crippen molar-refractivity contribution in [3.8, 4) is 0 Å². The number of hydrogen-bond acceptors (Lipinski definition) is 3. The Bertz CT molecular complexity index is 692. The molecule has 110 valence electrons. The highest BCUT2D eigenvalue weighted by Crippen LogP contribution is 2.15. The Morgan fingerprint density at radius 2 is 1.95 bits per heavy atom. The van der Waals surface area contributed by atoms with Gasteiger partial charge in [0, 0.05) is 17.9 Å². The minimum atomic E-state index is -0.403. The highest BCUT2D eigenvalue weighted by Gasteiger charge is 2.12. The van der Waals surface area contributed by atoms with Crippen molar-refractivity contribution in [3.63, 3.8) is 0 Å². The maximum atomic E-state index is 12.2. The Morgan fingerprint density at radius 1 is 1.19 bits per heavy atom. The molecule has 0 bridgehead atoms. The van der Waals surface area contributed by atoms with E-state index in [1.165, 1.54) is 6.07 Å². The zero-order chi connectivity index (χ0) is 15.2. The Kier molecular flexibility index (Phi) is 4.90. The second-order valence-corrected chi connectivity index (χ2v) is 4.78. The number of carbonyl (C=O) groups is 1. The average Bonchev–Trinajstić information content (AvgIpc) is 2.46. The molecule has 0 radical (unpaired) electrons. The molecule has 2 aromatic rings. The first-order valence-electron chi connectivity index (χ1n) is 6.91. The van der Waals surface area contributed by atoms with Crippen LogP contribution in [0.1, 0.15) is 28.5 Å². The number of aryl methyl sites for hydroxylation is 1. The quantitative estimate of drug-likeness (QED) is 0.787. The molecule has 2 rings (SSSR count). The number of para-hydroxylation sites is 1. The van der Waals surface area contributed by atoms with E-state index in [1.807, 2.05) is 31.2 Å². The lowest BCUT2D eigenvalue weighted by molar-refractivity contribution is 0.102. The topological polar surface area (TPSA) is 74.0 Å². The van der Waals surface area contributed by atoms with E-state index in [9.17, 15) is 9.59 Å². The van der Waals surface area contributed by atoms with Crippen LogP contribution < -0.4 is 16.2 Å². The molecule has 5 nitrogen and oxygen atoms in total. The van der Waals surface area contributed by atoms with Crippen LogP contribution in [0.4, 0.5) is 5.69 Å². The lowest BCUT2D eigenvalue weighted by Gasteiger charge is -2.11. The van der Waals surface area contributed by atoms with Crippen LogP contribution >= 0.6 is 0 Å². The molecule has 5 heteroatoms. The first-order valence-corrected chi connectivity index (χ1v) is 6.91. The number of hydrogen-bond donors (Lipinski definition) is 3. The Morgan fingerprint density at radius 3 is 2.67 bits per heavy atom. The van der Waals surface area contributed by atoms with E-state index < -0.39 is 5.91 Å². The number of nitrogens with one attached hydrogen (secondary N) is 3. The molecule has 0 saturated heterocycles. The molecule has 0 atom stereocenters. The summed E-state index contributed by atoms with van der Waals surface area (Å²) in [5.74, 6) is -0.403. The fourth-order valence-electron chi connectivity index (χ4n) is 2.00. The van der Waals surface area contributed by atoms with E-state index in [1.54, 1.807) is 13.0 Å². The summed E-state index contributed by atoms with van der Waals surface area (Å²) in [6.07, 6.45) is 0. The molecule has 0 aliphatic heterocycles. The van der Waals surface area contributed by atoms with Crippen LogP contribution in [-0.2, 0) is 6.54 Å². The van der Waals surface area contributed by atoms with Crippen LogP contribution in [0.15, 0.2) is 41.2 Å². The van der Waals surface area contributed by atoms with Gasteiger partial charge in [0.1, 0.15) is 5.56 Å². The van der Waals surface area contributed by atoms with Crippen LogP contribution in [0, 0.1) is 6.92 Å². The summed E-state index contributed by atoms with van der Waals surface area (Å²) in [4.78, 5) is 26.6. The second kappa shape index (κ2) is 6.85. The summed E-state index contributed by atoms with van der Waals surface area (Å²) >= 11 is 0. The smallest absolute Gasteiger partial charge is 0.261 e. The number of aromatic amines is 1. The van der Waals surface area contributed by atoms with Crippen molar-refractivity contribution in [2.24, 2.45) is 0 Å². The summed E-state index contributed by atoms with van der Waals surface area (Å²) in [6.45, 7) is 5.30. The van der Waals surface area contributed by atoms with E-state index in [4.69, 9.17) is 0 Å². The van der Waals surface area contributed by atoms with Crippen molar-refractivity contribution in [1.82, 2.24) is 10.3 Å². The minimum absolute atomic E-state index is 0.110. The number of carbonyl (C=O) groups excluding carboxylic acids is 1. The summed E-state index contributed by atoms with van der Waals surface area (Å²) in [6, 6.07) is 10.8. The zero-order valence-corrected chi connectivity index (χ0v) is 12.2. The van der Waals surface area contributed by atoms with Crippen molar-refractivity contribution in [1.29, 1.82) is 0 Å². The summed E-state index contributed by atoms with van der Waals surface area (Å²) in [7, 11) is 0. The molecule has 0 fully saturated rings. The van der Waals surface area contributed by atoms with Gasteiger partial charge in [-0.1, -0.05) is 25.1 Å². The minimum Gasteiger partial charge on any atom is -0.326 e. The maximum Gasteiger partial charge on any atom is 0.261 e. The van der Waals surface area contributed by atoms with Crippen LogP contribution in [0.5, 0.6) is 0 Å². The Balaban J connectivity index is 2.21. The van der Waals surface area contributed by atoms with Gasteiger partial charge in [-0.2, -0.15) is 0 Å². The number of benzene rings is 1.